The zero-order valence-electron chi connectivity index (χ0n) is 9.79. The van der Waals surface area contributed by atoms with Gasteiger partial charge in [0, 0.05) is 4.47 Å². The van der Waals surface area contributed by atoms with Crippen LogP contribution in [0.15, 0.2) is 53.0 Å². The van der Waals surface area contributed by atoms with Crippen molar-refractivity contribution in [2.45, 2.75) is 6.18 Å². The number of rotatable bonds is 2. The fourth-order valence-corrected chi connectivity index (χ4v) is 2.10. The SMILES string of the molecule is FC(F)(F)c1ccc(/C=C/c2ccccc2)c(Br)c1. The Labute approximate surface area is 117 Å². The summed E-state index contributed by atoms with van der Waals surface area (Å²) in [6.07, 6.45) is -0.683. The maximum atomic E-state index is 12.5. The number of halogens is 4. The maximum Gasteiger partial charge on any atom is 0.416 e. The summed E-state index contributed by atoms with van der Waals surface area (Å²) in [4.78, 5) is 0. The van der Waals surface area contributed by atoms with Crippen LogP contribution in [-0.2, 0) is 6.18 Å². The Balaban J connectivity index is 2.25. The van der Waals surface area contributed by atoms with Crippen molar-refractivity contribution in [1.29, 1.82) is 0 Å². The van der Waals surface area contributed by atoms with Crippen molar-refractivity contribution in [3.05, 3.63) is 69.7 Å². The molecule has 0 N–H and O–H groups in total. The lowest BCUT2D eigenvalue weighted by atomic mass is 10.1. The first kappa shape index (κ1) is 13.9. The highest BCUT2D eigenvalue weighted by Gasteiger charge is 2.30. The molecule has 4 heteroatoms. The normalized spacial score (nSPS) is 12.0. The van der Waals surface area contributed by atoms with Gasteiger partial charge in [0.15, 0.2) is 0 Å². The Bertz CT molecular complexity index is 586. The second kappa shape index (κ2) is 5.61. The van der Waals surface area contributed by atoms with E-state index in [1.807, 2.05) is 36.4 Å². The molecule has 0 unspecified atom stereocenters. The smallest absolute Gasteiger partial charge is 0.166 e. The van der Waals surface area contributed by atoms with E-state index in [4.69, 9.17) is 0 Å². The minimum Gasteiger partial charge on any atom is -0.166 e. The first-order chi connectivity index (χ1) is 8.97. The zero-order chi connectivity index (χ0) is 13.9. The van der Waals surface area contributed by atoms with Gasteiger partial charge in [-0.3, -0.25) is 0 Å². The second-order valence-electron chi connectivity index (χ2n) is 3.98. The number of alkyl halides is 3. The zero-order valence-corrected chi connectivity index (χ0v) is 11.4. The predicted molar refractivity (Wildman–Crippen MR) is 74.5 cm³/mol. The lowest BCUT2D eigenvalue weighted by molar-refractivity contribution is -0.137. The Morgan fingerprint density at radius 1 is 0.895 bits per heavy atom. The summed E-state index contributed by atoms with van der Waals surface area (Å²) in [7, 11) is 0. The monoisotopic (exact) mass is 326 g/mol. The van der Waals surface area contributed by atoms with Crippen molar-refractivity contribution in [1.82, 2.24) is 0 Å². The molecule has 0 atom stereocenters. The van der Waals surface area contributed by atoms with E-state index < -0.39 is 11.7 Å². The summed E-state index contributed by atoms with van der Waals surface area (Å²) in [5.74, 6) is 0. The molecule has 2 aromatic rings. The summed E-state index contributed by atoms with van der Waals surface area (Å²) in [6.45, 7) is 0. The molecule has 98 valence electrons. The highest BCUT2D eigenvalue weighted by Crippen LogP contribution is 2.32. The Hall–Kier alpha value is -1.55. The van der Waals surface area contributed by atoms with E-state index in [2.05, 4.69) is 15.9 Å². The lowest BCUT2D eigenvalue weighted by Gasteiger charge is -2.08. The molecule has 19 heavy (non-hydrogen) atoms. The third-order valence-electron chi connectivity index (χ3n) is 2.58. The minimum absolute atomic E-state index is 0.425. The largest absolute Gasteiger partial charge is 0.416 e. The van der Waals surface area contributed by atoms with E-state index in [1.54, 1.807) is 6.08 Å². The standard InChI is InChI=1S/C15H10BrF3/c16-14-10-13(15(17,18)19)9-8-12(14)7-6-11-4-2-1-3-5-11/h1-10H/b7-6+. The third-order valence-corrected chi connectivity index (χ3v) is 3.27. The molecule has 0 heterocycles. The molecule has 0 aromatic heterocycles. The molecule has 0 aliphatic carbocycles. The van der Waals surface area contributed by atoms with Gasteiger partial charge >= 0.3 is 6.18 Å². The van der Waals surface area contributed by atoms with Gasteiger partial charge in [-0.2, -0.15) is 13.2 Å². The Kier molecular flexibility index (Phi) is 4.10. The average Bonchev–Trinajstić information content (AvgIpc) is 2.37. The summed E-state index contributed by atoms with van der Waals surface area (Å²) in [5.41, 5.74) is 1.04. The number of hydrogen-bond donors (Lipinski definition) is 0. The Morgan fingerprint density at radius 3 is 2.16 bits per heavy atom. The van der Waals surface area contributed by atoms with Crippen molar-refractivity contribution in [3.63, 3.8) is 0 Å². The van der Waals surface area contributed by atoms with E-state index in [1.165, 1.54) is 6.07 Å². The van der Waals surface area contributed by atoms with Crippen LogP contribution in [0, 0.1) is 0 Å². The summed E-state index contributed by atoms with van der Waals surface area (Å²) in [6, 6.07) is 13.2. The van der Waals surface area contributed by atoms with E-state index in [9.17, 15) is 13.2 Å². The van der Waals surface area contributed by atoms with E-state index in [0.29, 0.717) is 10.0 Å². The minimum atomic E-state index is -4.32. The van der Waals surface area contributed by atoms with Crippen LogP contribution in [0.1, 0.15) is 16.7 Å². The van der Waals surface area contributed by atoms with Crippen LogP contribution < -0.4 is 0 Å². The first-order valence-electron chi connectivity index (χ1n) is 5.57. The highest BCUT2D eigenvalue weighted by atomic mass is 79.9. The molecule has 0 saturated carbocycles. The molecular weight excluding hydrogens is 317 g/mol. The summed E-state index contributed by atoms with van der Waals surface area (Å²) >= 11 is 3.16. The van der Waals surface area contributed by atoms with Crippen LogP contribution in [0.4, 0.5) is 13.2 Å². The first-order valence-corrected chi connectivity index (χ1v) is 6.36. The number of hydrogen-bond acceptors (Lipinski definition) is 0. The maximum absolute atomic E-state index is 12.5. The van der Waals surface area contributed by atoms with Gasteiger partial charge in [-0.1, -0.05) is 64.5 Å². The van der Waals surface area contributed by atoms with Crippen LogP contribution in [-0.4, -0.2) is 0 Å². The van der Waals surface area contributed by atoms with Crippen LogP contribution in [0.3, 0.4) is 0 Å². The van der Waals surface area contributed by atoms with Crippen molar-refractivity contribution >= 4 is 28.1 Å². The van der Waals surface area contributed by atoms with Crippen molar-refractivity contribution in [2.24, 2.45) is 0 Å². The van der Waals surface area contributed by atoms with E-state index in [0.717, 1.165) is 17.7 Å². The van der Waals surface area contributed by atoms with Gasteiger partial charge < -0.3 is 0 Å². The van der Waals surface area contributed by atoms with E-state index in [-0.39, 0.29) is 0 Å². The third kappa shape index (κ3) is 3.70. The molecular formula is C15H10BrF3. The molecule has 0 aliphatic heterocycles. The van der Waals surface area contributed by atoms with Crippen LogP contribution in [0.25, 0.3) is 12.2 Å². The van der Waals surface area contributed by atoms with Gasteiger partial charge in [0.2, 0.25) is 0 Å². The quantitative estimate of drug-likeness (QED) is 0.626. The van der Waals surface area contributed by atoms with Crippen LogP contribution in [0.2, 0.25) is 0 Å². The fourth-order valence-electron chi connectivity index (χ4n) is 1.59. The molecule has 2 aromatic carbocycles. The molecule has 0 fully saturated rings. The molecule has 0 radical (unpaired) electrons. The van der Waals surface area contributed by atoms with Gasteiger partial charge in [0.1, 0.15) is 0 Å². The molecule has 0 amide bonds. The number of benzene rings is 2. The Morgan fingerprint density at radius 2 is 1.58 bits per heavy atom. The molecule has 2 rings (SSSR count). The van der Waals surface area contributed by atoms with Gasteiger partial charge in [-0.05, 0) is 23.3 Å². The van der Waals surface area contributed by atoms with Gasteiger partial charge in [-0.25, -0.2) is 0 Å². The average molecular weight is 327 g/mol. The molecule has 0 saturated heterocycles. The van der Waals surface area contributed by atoms with E-state index >= 15 is 0 Å². The molecule has 0 spiro atoms. The molecule has 0 bridgehead atoms. The van der Waals surface area contributed by atoms with Crippen molar-refractivity contribution < 1.29 is 13.2 Å². The fraction of sp³-hybridized carbons (Fsp3) is 0.0667. The summed E-state index contributed by atoms with van der Waals surface area (Å²) < 4.78 is 38.0. The lowest BCUT2D eigenvalue weighted by Crippen LogP contribution is -2.04. The van der Waals surface area contributed by atoms with Crippen molar-refractivity contribution in [3.8, 4) is 0 Å². The van der Waals surface area contributed by atoms with Gasteiger partial charge in [0.05, 0.1) is 5.56 Å². The second-order valence-corrected chi connectivity index (χ2v) is 4.83. The van der Waals surface area contributed by atoms with Gasteiger partial charge in [-0.15, -0.1) is 0 Å². The van der Waals surface area contributed by atoms with Crippen molar-refractivity contribution in [2.75, 3.05) is 0 Å². The van der Waals surface area contributed by atoms with Crippen LogP contribution >= 0.6 is 15.9 Å². The predicted octanol–water partition coefficient (Wildman–Crippen LogP) is 5.64. The van der Waals surface area contributed by atoms with Crippen LogP contribution in [0.5, 0.6) is 0 Å². The molecule has 0 nitrogen and oxygen atoms in total. The summed E-state index contributed by atoms with van der Waals surface area (Å²) in [5, 5.41) is 0. The van der Waals surface area contributed by atoms with Gasteiger partial charge in [0.25, 0.3) is 0 Å². The molecule has 0 aliphatic rings. The highest BCUT2D eigenvalue weighted by molar-refractivity contribution is 9.10. The topological polar surface area (TPSA) is 0 Å².